The van der Waals surface area contributed by atoms with E-state index in [2.05, 4.69) is 5.32 Å². The van der Waals surface area contributed by atoms with E-state index in [0.717, 1.165) is 0 Å². The van der Waals surface area contributed by atoms with Gasteiger partial charge in [-0.2, -0.15) is 0 Å². The van der Waals surface area contributed by atoms with Gasteiger partial charge in [0.1, 0.15) is 0 Å². The Morgan fingerprint density at radius 1 is 1.36 bits per heavy atom. The SMILES string of the molecule is CCN1C(=O)NC(c2ccc(Cl)c(Cl)c2)C(C(=O)OC)=C1C. The van der Waals surface area contributed by atoms with Gasteiger partial charge in [0.15, 0.2) is 0 Å². The van der Waals surface area contributed by atoms with Crippen molar-refractivity contribution in [1.82, 2.24) is 10.2 Å². The largest absolute Gasteiger partial charge is 0.466 e. The number of nitrogens with zero attached hydrogens (tertiary/aromatic N) is 1. The molecular weight excluding hydrogens is 327 g/mol. The lowest BCUT2D eigenvalue weighted by atomic mass is 9.95. The van der Waals surface area contributed by atoms with Gasteiger partial charge in [-0.1, -0.05) is 29.3 Å². The number of carbonyl (C=O) groups excluding carboxylic acids is 2. The number of nitrogens with one attached hydrogen (secondary N) is 1. The minimum absolute atomic E-state index is 0.274. The highest BCUT2D eigenvalue weighted by atomic mass is 35.5. The Labute approximate surface area is 138 Å². The van der Waals surface area contributed by atoms with E-state index in [-0.39, 0.29) is 6.03 Å². The molecule has 118 valence electrons. The van der Waals surface area contributed by atoms with Gasteiger partial charge in [-0.3, -0.25) is 4.90 Å². The van der Waals surface area contributed by atoms with Crippen LogP contribution in [0.1, 0.15) is 25.5 Å². The zero-order valence-corrected chi connectivity index (χ0v) is 14.0. The van der Waals surface area contributed by atoms with Crippen molar-refractivity contribution in [3.8, 4) is 0 Å². The van der Waals surface area contributed by atoms with Crippen LogP contribution in [0.15, 0.2) is 29.5 Å². The van der Waals surface area contributed by atoms with Crippen LogP contribution < -0.4 is 5.32 Å². The predicted octanol–water partition coefficient (Wildman–Crippen LogP) is 3.53. The fourth-order valence-corrected chi connectivity index (χ4v) is 2.78. The topological polar surface area (TPSA) is 58.6 Å². The van der Waals surface area contributed by atoms with Crippen LogP contribution in [0, 0.1) is 0 Å². The molecule has 1 aromatic carbocycles. The van der Waals surface area contributed by atoms with Crippen molar-refractivity contribution in [3.63, 3.8) is 0 Å². The van der Waals surface area contributed by atoms with Crippen molar-refractivity contribution in [2.24, 2.45) is 0 Å². The molecule has 2 rings (SSSR count). The van der Waals surface area contributed by atoms with E-state index in [4.69, 9.17) is 27.9 Å². The van der Waals surface area contributed by atoms with E-state index < -0.39 is 12.0 Å². The van der Waals surface area contributed by atoms with E-state index in [0.29, 0.717) is 33.4 Å². The van der Waals surface area contributed by atoms with E-state index in [1.54, 1.807) is 25.1 Å². The van der Waals surface area contributed by atoms with Crippen molar-refractivity contribution in [1.29, 1.82) is 0 Å². The Balaban J connectivity index is 2.57. The second-order valence-corrected chi connectivity index (χ2v) is 5.61. The van der Waals surface area contributed by atoms with Crippen LogP contribution in [0.2, 0.25) is 10.0 Å². The number of halogens is 2. The summed E-state index contributed by atoms with van der Waals surface area (Å²) in [6.07, 6.45) is 0. The average Bonchev–Trinajstić information content (AvgIpc) is 2.49. The molecular formula is C15H16Cl2N2O3. The first-order valence-electron chi connectivity index (χ1n) is 6.72. The summed E-state index contributed by atoms with van der Waals surface area (Å²) in [5.74, 6) is -0.493. The first-order chi connectivity index (χ1) is 10.4. The molecule has 0 saturated carbocycles. The second-order valence-electron chi connectivity index (χ2n) is 4.79. The summed E-state index contributed by atoms with van der Waals surface area (Å²) in [6, 6.07) is 4.08. The van der Waals surface area contributed by atoms with Crippen molar-refractivity contribution in [3.05, 3.63) is 45.1 Å². The first kappa shape index (κ1) is 16.6. The summed E-state index contributed by atoms with van der Waals surface area (Å²) in [5, 5.41) is 3.56. The molecule has 0 spiro atoms. The normalized spacial score (nSPS) is 18.3. The molecule has 5 nitrogen and oxygen atoms in total. The number of rotatable bonds is 3. The Morgan fingerprint density at radius 3 is 2.59 bits per heavy atom. The molecule has 0 aliphatic carbocycles. The van der Waals surface area contributed by atoms with Crippen molar-refractivity contribution in [2.75, 3.05) is 13.7 Å². The Hall–Kier alpha value is -1.72. The first-order valence-corrected chi connectivity index (χ1v) is 7.48. The van der Waals surface area contributed by atoms with E-state index >= 15 is 0 Å². The third-order valence-corrected chi connectivity index (χ3v) is 4.33. The summed E-state index contributed by atoms with van der Waals surface area (Å²) < 4.78 is 4.86. The number of hydrogen-bond donors (Lipinski definition) is 1. The maximum absolute atomic E-state index is 12.2. The number of allylic oxidation sites excluding steroid dienone is 1. The lowest BCUT2D eigenvalue weighted by Crippen LogP contribution is -2.47. The number of hydrogen-bond acceptors (Lipinski definition) is 3. The van der Waals surface area contributed by atoms with Crippen molar-refractivity contribution < 1.29 is 14.3 Å². The molecule has 22 heavy (non-hydrogen) atoms. The van der Waals surface area contributed by atoms with Gasteiger partial charge in [-0.25, -0.2) is 9.59 Å². The quantitative estimate of drug-likeness (QED) is 0.855. The molecule has 0 aromatic heterocycles. The van der Waals surface area contributed by atoms with E-state index in [1.807, 2.05) is 6.92 Å². The summed E-state index contributed by atoms with van der Waals surface area (Å²) in [4.78, 5) is 25.8. The maximum atomic E-state index is 12.2. The fraction of sp³-hybridized carbons (Fsp3) is 0.333. The Morgan fingerprint density at radius 2 is 2.05 bits per heavy atom. The summed E-state index contributed by atoms with van der Waals surface area (Å²) in [6.45, 7) is 4.00. The highest BCUT2D eigenvalue weighted by molar-refractivity contribution is 6.42. The molecule has 0 radical (unpaired) electrons. The van der Waals surface area contributed by atoms with Gasteiger partial charge in [0.25, 0.3) is 0 Å². The Kier molecular flexibility index (Phi) is 4.98. The molecule has 7 heteroatoms. The Bertz CT molecular complexity index is 658. The number of urea groups is 1. The number of ether oxygens (including phenoxy) is 1. The molecule has 1 unspecified atom stereocenters. The van der Waals surface area contributed by atoms with Crippen LogP contribution in [0.5, 0.6) is 0 Å². The maximum Gasteiger partial charge on any atom is 0.337 e. The van der Waals surface area contributed by atoms with Crippen LogP contribution in [0.25, 0.3) is 0 Å². The molecule has 1 aliphatic rings. The second kappa shape index (κ2) is 6.58. The van der Waals surface area contributed by atoms with Crippen LogP contribution in [0.3, 0.4) is 0 Å². The summed E-state index contributed by atoms with van der Waals surface area (Å²) in [7, 11) is 1.31. The van der Waals surface area contributed by atoms with Gasteiger partial charge in [0.05, 0.1) is 28.8 Å². The summed E-state index contributed by atoms with van der Waals surface area (Å²) in [5.41, 5.74) is 1.61. The van der Waals surface area contributed by atoms with Gasteiger partial charge in [0, 0.05) is 12.2 Å². The van der Waals surface area contributed by atoms with Crippen molar-refractivity contribution in [2.45, 2.75) is 19.9 Å². The average molecular weight is 343 g/mol. The van der Waals surface area contributed by atoms with E-state index in [1.165, 1.54) is 12.0 Å². The highest BCUT2D eigenvalue weighted by Crippen LogP contribution is 2.33. The van der Waals surface area contributed by atoms with Crippen molar-refractivity contribution >= 4 is 35.2 Å². The van der Waals surface area contributed by atoms with E-state index in [9.17, 15) is 9.59 Å². The number of amides is 2. The molecule has 0 bridgehead atoms. The van der Waals surface area contributed by atoms with Gasteiger partial charge in [-0.05, 0) is 31.5 Å². The summed E-state index contributed by atoms with van der Waals surface area (Å²) >= 11 is 12.0. The number of benzene rings is 1. The number of esters is 1. The zero-order valence-electron chi connectivity index (χ0n) is 12.4. The lowest BCUT2D eigenvalue weighted by molar-refractivity contribution is -0.136. The molecule has 2 amide bonds. The minimum atomic E-state index is -0.627. The van der Waals surface area contributed by atoms with Gasteiger partial charge < -0.3 is 10.1 Å². The fourth-order valence-electron chi connectivity index (χ4n) is 2.48. The lowest BCUT2D eigenvalue weighted by Gasteiger charge is -2.34. The molecule has 0 fully saturated rings. The highest BCUT2D eigenvalue weighted by Gasteiger charge is 2.35. The van der Waals surface area contributed by atoms with Gasteiger partial charge in [0.2, 0.25) is 0 Å². The van der Waals surface area contributed by atoms with Gasteiger partial charge in [-0.15, -0.1) is 0 Å². The number of methoxy groups -OCH3 is 1. The zero-order chi connectivity index (χ0) is 16.4. The molecule has 1 aromatic rings. The smallest absolute Gasteiger partial charge is 0.337 e. The van der Waals surface area contributed by atoms with Gasteiger partial charge >= 0.3 is 12.0 Å². The number of carbonyl (C=O) groups is 2. The third kappa shape index (κ3) is 2.91. The third-order valence-electron chi connectivity index (χ3n) is 3.59. The predicted molar refractivity (Wildman–Crippen MR) is 84.8 cm³/mol. The molecule has 0 saturated heterocycles. The van der Waals surface area contributed by atoms with Crippen LogP contribution in [-0.4, -0.2) is 30.6 Å². The van der Waals surface area contributed by atoms with Crippen LogP contribution in [-0.2, 0) is 9.53 Å². The molecule has 1 N–H and O–H groups in total. The molecule has 1 heterocycles. The monoisotopic (exact) mass is 342 g/mol. The van der Waals surface area contributed by atoms with Crippen LogP contribution in [0.4, 0.5) is 4.79 Å². The minimum Gasteiger partial charge on any atom is -0.466 e. The van der Waals surface area contributed by atoms with Crippen LogP contribution >= 0.6 is 23.2 Å². The molecule has 1 aliphatic heterocycles. The standard InChI is InChI=1S/C15H16Cl2N2O3/c1-4-19-8(2)12(14(20)22-3)13(18-15(19)21)9-5-6-10(16)11(17)7-9/h5-7,13H,4H2,1-3H3,(H,18,21). The molecule has 1 atom stereocenters.